The molecule has 1 heterocycles. The molecule has 0 unspecified atom stereocenters. The molecule has 0 atom stereocenters. The van der Waals surface area contributed by atoms with Crippen molar-refractivity contribution in [2.75, 3.05) is 10.6 Å². The van der Waals surface area contributed by atoms with E-state index in [4.69, 9.17) is 9.47 Å². The minimum Gasteiger partial charge on any atom is -0.459 e. The highest BCUT2D eigenvalue weighted by Gasteiger charge is 2.22. The second-order valence-electron chi connectivity index (χ2n) is 12.3. The molecular formula is C33H42N4O5. The zero-order valence-corrected chi connectivity index (χ0v) is 25.8. The second-order valence-corrected chi connectivity index (χ2v) is 12.3. The molecule has 0 aliphatic rings. The van der Waals surface area contributed by atoms with Crippen LogP contribution in [0.2, 0.25) is 0 Å². The first-order chi connectivity index (χ1) is 19.6. The molecule has 1 amide bonds. The number of carbonyl (C=O) groups is 2. The molecule has 3 aromatic rings. The fraction of sp³-hybridized carbons (Fsp3) is 0.394. The summed E-state index contributed by atoms with van der Waals surface area (Å²) < 4.78 is 12.3. The van der Waals surface area contributed by atoms with Gasteiger partial charge in [0.15, 0.2) is 5.82 Å². The van der Waals surface area contributed by atoms with Crippen LogP contribution in [0.4, 0.5) is 16.3 Å². The maximum Gasteiger partial charge on any atom is 0.412 e. The molecule has 0 saturated carbocycles. The highest BCUT2D eigenvalue weighted by molar-refractivity contribution is 5.87. The number of aromatic nitrogens is 2. The number of esters is 1. The fourth-order valence-corrected chi connectivity index (χ4v) is 4.09. The highest BCUT2D eigenvalue weighted by Crippen LogP contribution is 2.26. The number of amides is 1. The summed E-state index contributed by atoms with van der Waals surface area (Å²) in [6, 6.07) is 15.4. The van der Waals surface area contributed by atoms with E-state index in [1.54, 1.807) is 53.8 Å². The molecule has 2 N–H and O–H groups in total. The van der Waals surface area contributed by atoms with Crippen molar-refractivity contribution in [2.24, 2.45) is 0 Å². The number of allylic oxidation sites excluding steroid dienone is 1. The van der Waals surface area contributed by atoms with Crippen molar-refractivity contribution >= 4 is 29.6 Å². The van der Waals surface area contributed by atoms with E-state index in [2.05, 4.69) is 15.6 Å². The molecule has 0 spiro atoms. The van der Waals surface area contributed by atoms with E-state index >= 15 is 0 Å². The van der Waals surface area contributed by atoms with E-state index in [1.165, 1.54) is 4.57 Å². The lowest BCUT2D eigenvalue weighted by Crippen LogP contribution is -2.33. The average molecular weight is 575 g/mol. The standard InChI is InChI=1S/C33H42N4O5/c1-22(2)35-29-30(39)37(21-28(38)41-32(3,4)5)27(20-34-29)25-17-24(16-12-15-23-13-10-9-11-14-23)18-26(19-25)36-31(40)42-33(6,7)8/h9-14,16-20,22H,15,21H2,1-8H3,(H,34,35)(H,36,40). The number of benzene rings is 2. The Bertz CT molecular complexity index is 1480. The Kier molecular flexibility index (Phi) is 10.3. The molecule has 0 bridgehead atoms. The van der Waals surface area contributed by atoms with Crippen LogP contribution in [0.25, 0.3) is 17.3 Å². The number of ether oxygens (including phenoxy) is 2. The van der Waals surface area contributed by atoms with Crippen molar-refractivity contribution in [3.63, 3.8) is 0 Å². The quantitative estimate of drug-likeness (QED) is 0.274. The lowest BCUT2D eigenvalue weighted by Gasteiger charge is -2.22. The summed E-state index contributed by atoms with van der Waals surface area (Å²) >= 11 is 0. The van der Waals surface area contributed by atoms with Crippen LogP contribution >= 0.6 is 0 Å². The Morgan fingerprint density at radius 2 is 1.64 bits per heavy atom. The highest BCUT2D eigenvalue weighted by atomic mass is 16.6. The largest absolute Gasteiger partial charge is 0.459 e. The Morgan fingerprint density at radius 1 is 0.976 bits per heavy atom. The van der Waals surface area contributed by atoms with Crippen molar-refractivity contribution in [3.8, 4) is 11.3 Å². The summed E-state index contributed by atoms with van der Waals surface area (Å²) in [6.45, 7) is 14.1. The molecule has 42 heavy (non-hydrogen) atoms. The molecule has 0 saturated heterocycles. The summed E-state index contributed by atoms with van der Waals surface area (Å²) in [7, 11) is 0. The maximum absolute atomic E-state index is 13.6. The van der Waals surface area contributed by atoms with Gasteiger partial charge in [-0.05, 0) is 91.1 Å². The normalized spacial score (nSPS) is 11.9. The van der Waals surface area contributed by atoms with Gasteiger partial charge in [-0.2, -0.15) is 0 Å². The third-order valence-electron chi connectivity index (χ3n) is 5.59. The minimum absolute atomic E-state index is 0.0475. The molecule has 0 aliphatic carbocycles. The van der Waals surface area contributed by atoms with Crippen molar-refractivity contribution in [1.29, 1.82) is 0 Å². The number of anilines is 2. The Balaban J connectivity index is 2.10. The third kappa shape index (κ3) is 10.2. The van der Waals surface area contributed by atoms with Crippen LogP contribution in [0, 0.1) is 0 Å². The molecule has 0 fully saturated rings. The molecule has 9 nitrogen and oxygen atoms in total. The van der Waals surface area contributed by atoms with Gasteiger partial charge in [0, 0.05) is 17.3 Å². The van der Waals surface area contributed by atoms with Crippen molar-refractivity contribution in [1.82, 2.24) is 9.55 Å². The molecule has 9 heteroatoms. The van der Waals surface area contributed by atoms with Crippen molar-refractivity contribution in [2.45, 2.75) is 85.6 Å². The second kappa shape index (κ2) is 13.5. The molecule has 3 rings (SSSR count). The number of hydrogen-bond acceptors (Lipinski definition) is 7. The summed E-state index contributed by atoms with van der Waals surface area (Å²) in [6.07, 6.45) is 5.60. The van der Waals surface area contributed by atoms with E-state index in [0.717, 1.165) is 11.1 Å². The van der Waals surface area contributed by atoms with Gasteiger partial charge in [-0.1, -0.05) is 42.5 Å². The van der Waals surface area contributed by atoms with Crippen LogP contribution in [0.1, 0.15) is 66.5 Å². The van der Waals surface area contributed by atoms with Crippen molar-refractivity contribution < 1.29 is 19.1 Å². The maximum atomic E-state index is 13.6. The Morgan fingerprint density at radius 3 is 2.26 bits per heavy atom. The number of hydrogen-bond donors (Lipinski definition) is 2. The van der Waals surface area contributed by atoms with Crippen LogP contribution in [0.3, 0.4) is 0 Å². The van der Waals surface area contributed by atoms with Gasteiger partial charge >= 0.3 is 12.1 Å². The number of carbonyl (C=O) groups excluding carboxylic acids is 2. The Hall–Kier alpha value is -4.40. The number of rotatable bonds is 9. The monoisotopic (exact) mass is 574 g/mol. The average Bonchev–Trinajstić information content (AvgIpc) is 2.84. The van der Waals surface area contributed by atoms with Gasteiger partial charge in [0.25, 0.3) is 5.56 Å². The van der Waals surface area contributed by atoms with Gasteiger partial charge in [-0.15, -0.1) is 0 Å². The number of nitrogens with zero attached hydrogens (tertiary/aromatic N) is 2. The minimum atomic E-state index is -0.721. The van der Waals surface area contributed by atoms with E-state index < -0.39 is 28.8 Å². The smallest absolute Gasteiger partial charge is 0.412 e. The molecule has 0 radical (unpaired) electrons. The Labute approximate surface area is 248 Å². The van der Waals surface area contributed by atoms with E-state index in [-0.39, 0.29) is 18.4 Å². The zero-order valence-electron chi connectivity index (χ0n) is 25.8. The van der Waals surface area contributed by atoms with E-state index in [0.29, 0.717) is 23.4 Å². The first kappa shape index (κ1) is 32.1. The topological polar surface area (TPSA) is 112 Å². The van der Waals surface area contributed by atoms with E-state index in [9.17, 15) is 14.4 Å². The first-order valence-corrected chi connectivity index (χ1v) is 14.0. The summed E-state index contributed by atoms with van der Waals surface area (Å²) in [5.41, 5.74) is 1.49. The van der Waals surface area contributed by atoms with Gasteiger partial charge in [-0.3, -0.25) is 19.5 Å². The molecular weight excluding hydrogens is 532 g/mol. The summed E-state index contributed by atoms with van der Waals surface area (Å²) in [4.78, 5) is 43.5. The summed E-state index contributed by atoms with van der Waals surface area (Å²) in [5.74, 6) is -0.429. The third-order valence-corrected chi connectivity index (χ3v) is 5.59. The van der Waals surface area contributed by atoms with Crippen LogP contribution < -0.4 is 16.2 Å². The molecule has 1 aromatic heterocycles. The molecule has 2 aromatic carbocycles. The van der Waals surface area contributed by atoms with Gasteiger partial charge in [0.05, 0.1) is 11.9 Å². The van der Waals surface area contributed by atoms with Gasteiger partial charge in [0.2, 0.25) is 0 Å². The van der Waals surface area contributed by atoms with Crippen LogP contribution in [0.5, 0.6) is 0 Å². The lowest BCUT2D eigenvalue weighted by atomic mass is 10.0. The lowest BCUT2D eigenvalue weighted by molar-refractivity contribution is -0.155. The fourth-order valence-electron chi connectivity index (χ4n) is 4.09. The van der Waals surface area contributed by atoms with E-state index in [1.807, 2.05) is 68.5 Å². The van der Waals surface area contributed by atoms with Crippen LogP contribution in [0.15, 0.2) is 65.6 Å². The molecule has 224 valence electrons. The van der Waals surface area contributed by atoms with Crippen molar-refractivity contribution in [3.05, 3.63) is 82.3 Å². The SMILES string of the molecule is CC(C)Nc1ncc(-c2cc(C=CCc3ccccc3)cc(NC(=O)OC(C)(C)C)c2)n(CC(=O)OC(C)(C)C)c1=O. The van der Waals surface area contributed by atoms with Gasteiger partial charge in [0.1, 0.15) is 17.7 Å². The number of nitrogens with one attached hydrogen (secondary N) is 2. The first-order valence-electron chi connectivity index (χ1n) is 14.0. The van der Waals surface area contributed by atoms with Gasteiger partial charge < -0.3 is 14.8 Å². The predicted octanol–water partition coefficient (Wildman–Crippen LogP) is 6.68. The predicted molar refractivity (Wildman–Crippen MR) is 168 cm³/mol. The van der Waals surface area contributed by atoms with Crippen LogP contribution in [-0.4, -0.2) is 38.9 Å². The van der Waals surface area contributed by atoms with Crippen LogP contribution in [-0.2, 0) is 27.2 Å². The zero-order chi connectivity index (χ0) is 31.1. The molecule has 0 aliphatic heterocycles. The van der Waals surface area contributed by atoms with Gasteiger partial charge in [-0.25, -0.2) is 9.78 Å². The summed E-state index contributed by atoms with van der Waals surface area (Å²) in [5, 5.41) is 5.84.